The van der Waals surface area contributed by atoms with Crippen molar-refractivity contribution in [1.29, 1.82) is 0 Å². The minimum atomic E-state index is -0.428. The SMILES string of the molecule is CC(C)(C)[C@@H](O)CCNC(=O)c1ccc(-c2ccccc2)cc1. The number of hydrogen-bond donors (Lipinski definition) is 2. The van der Waals surface area contributed by atoms with Gasteiger partial charge >= 0.3 is 0 Å². The number of rotatable bonds is 5. The third kappa shape index (κ3) is 4.93. The summed E-state index contributed by atoms with van der Waals surface area (Å²) in [7, 11) is 0. The zero-order valence-corrected chi connectivity index (χ0v) is 14.0. The van der Waals surface area contributed by atoms with Gasteiger partial charge in [0.05, 0.1) is 6.10 Å². The smallest absolute Gasteiger partial charge is 0.251 e. The van der Waals surface area contributed by atoms with Crippen LogP contribution in [0.5, 0.6) is 0 Å². The summed E-state index contributed by atoms with van der Waals surface area (Å²) in [6, 6.07) is 17.6. The van der Waals surface area contributed by atoms with Crippen LogP contribution in [0.3, 0.4) is 0 Å². The van der Waals surface area contributed by atoms with Crippen LogP contribution in [0.1, 0.15) is 37.6 Å². The van der Waals surface area contributed by atoms with Crippen LogP contribution in [0.2, 0.25) is 0 Å². The lowest BCUT2D eigenvalue weighted by atomic mass is 9.87. The predicted octanol–water partition coefficient (Wildman–Crippen LogP) is 3.88. The molecule has 0 heterocycles. The van der Waals surface area contributed by atoms with Gasteiger partial charge in [0.1, 0.15) is 0 Å². The predicted molar refractivity (Wildman–Crippen MR) is 94.3 cm³/mol. The highest BCUT2D eigenvalue weighted by atomic mass is 16.3. The van der Waals surface area contributed by atoms with E-state index in [0.717, 1.165) is 11.1 Å². The molecule has 0 fully saturated rings. The Balaban J connectivity index is 1.91. The average molecular weight is 311 g/mol. The maximum absolute atomic E-state index is 12.1. The molecule has 3 heteroatoms. The zero-order chi connectivity index (χ0) is 16.9. The van der Waals surface area contributed by atoms with Gasteiger partial charge in [0.2, 0.25) is 0 Å². The number of amides is 1. The van der Waals surface area contributed by atoms with Crippen LogP contribution in [0.4, 0.5) is 0 Å². The maximum atomic E-state index is 12.1. The summed E-state index contributed by atoms with van der Waals surface area (Å²) in [6.07, 6.45) is 0.125. The third-order valence-electron chi connectivity index (χ3n) is 3.96. The van der Waals surface area contributed by atoms with E-state index in [1.165, 1.54) is 0 Å². The number of hydrogen-bond acceptors (Lipinski definition) is 2. The number of carbonyl (C=O) groups excluding carboxylic acids is 1. The zero-order valence-electron chi connectivity index (χ0n) is 14.0. The first-order valence-electron chi connectivity index (χ1n) is 7.99. The molecule has 1 amide bonds. The van der Waals surface area contributed by atoms with Gasteiger partial charge in [-0.15, -0.1) is 0 Å². The summed E-state index contributed by atoms with van der Waals surface area (Å²) < 4.78 is 0. The van der Waals surface area contributed by atoms with Crippen molar-refractivity contribution in [3.8, 4) is 11.1 Å². The van der Waals surface area contributed by atoms with Crippen LogP contribution < -0.4 is 5.32 Å². The van der Waals surface area contributed by atoms with Gasteiger partial charge in [-0.1, -0.05) is 63.2 Å². The molecule has 3 nitrogen and oxygen atoms in total. The van der Waals surface area contributed by atoms with Crippen molar-refractivity contribution in [2.45, 2.75) is 33.3 Å². The summed E-state index contributed by atoms with van der Waals surface area (Å²) in [5.41, 5.74) is 2.69. The first-order valence-corrected chi connectivity index (χ1v) is 7.99. The molecule has 0 aliphatic rings. The molecule has 122 valence electrons. The highest BCUT2D eigenvalue weighted by molar-refractivity contribution is 5.94. The molecule has 0 saturated heterocycles. The summed E-state index contributed by atoms with van der Waals surface area (Å²) in [6.45, 7) is 6.43. The Morgan fingerprint density at radius 2 is 1.57 bits per heavy atom. The molecule has 23 heavy (non-hydrogen) atoms. The molecule has 0 radical (unpaired) electrons. The lowest BCUT2D eigenvalue weighted by Gasteiger charge is -2.25. The third-order valence-corrected chi connectivity index (χ3v) is 3.96. The standard InChI is InChI=1S/C20H25NO2/c1-20(2,3)18(22)13-14-21-19(23)17-11-9-16(10-12-17)15-7-5-4-6-8-15/h4-12,18,22H,13-14H2,1-3H3,(H,21,23)/t18-/m0/s1. The van der Waals surface area contributed by atoms with E-state index in [-0.39, 0.29) is 11.3 Å². The molecule has 0 spiro atoms. The molecule has 1 atom stereocenters. The molecule has 2 aromatic rings. The van der Waals surface area contributed by atoms with Gasteiger partial charge in [-0.2, -0.15) is 0 Å². The normalized spacial score (nSPS) is 12.7. The van der Waals surface area contributed by atoms with Crippen LogP contribution in [-0.2, 0) is 0 Å². The van der Waals surface area contributed by atoms with Gasteiger partial charge in [0.15, 0.2) is 0 Å². The Morgan fingerprint density at radius 3 is 2.13 bits per heavy atom. The maximum Gasteiger partial charge on any atom is 0.251 e. The van der Waals surface area contributed by atoms with Crippen molar-refractivity contribution in [3.05, 3.63) is 60.2 Å². The van der Waals surface area contributed by atoms with Crippen molar-refractivity contribution in [2.24, 2.45) is 5.41 Å². The molecule has 2 aromatic carbocycles. The van der Waals surface area contributed by atoms with Crippen LogP contribution in [-0.4, -0.2) is 23.7 Å². The van der Waals surface area contributed by atoms with Crippen LogP contribution in [0.15, 0.2) is 54.6 Å². The average Bonchev–Trinajstić information content (AvgIpc) is 2.54. The fourth-order valence-corrected chi connectivity index (χ4v) is 2.30. The fraction of sp³-hybridized carbons (Fsp3) is 0.350. The van der Waals surface area contributed by atoms with E-state index < -0.39 is 6.10 Å². The van der Waals surface area contributed by atoms with Gasteiger partial charge < -0.3 is 10.4 Å². The summed E-state index contributed by atoms with van der Waals surface area (Å²) in [5.74, 6) is -0.106. The minimum Gasteiger partial charge on any atom is -0.393 e. The largest absolute Gasteiger partial charge is 0.393 e. The number of aliphatic hydroxyl groups is 1. The molecule has 0 unspecified atom stereocenters. The lowest BCUT2D eigenvalue weighted by Crippen LogP contribution is -2.32. The number of nitrogens with one attached hydrogen (secondary N) is 1. The van der Waals surface area contributed by atoms with Gasteiger partial charge in [-0.3, -0.25) is 4.79 Å². The van der Waals surface area contributed by atoms with E-state index >= 15 is 0 Å². The minimum absolute atomic E-state index is 0.106. The van der Waals surface area contributed by atoms with Crippen LogP contribution in [0.25, 0.3) is 11.1 Å². The van der Waals surface area contributed by atoms with E-state index in [1.807, 2.05) is 75.4 Å². The second-order valence-electron chi connectivity index (χ2n) is 6.87. The Kier molecular flexibility index (Phi) is 5.56. The fourth-order valence-electron chi connectivity index (χ4n) is 2.30. The van der Waals surface area contributed by atoms with Gasteiger partial charge in [-0.25, -0.2) is 0 Å². The van der Waals surface area contributed by atoms with E-state index in [9.17, 15) is 9.90 Å². The molecule has 2 rings (SSSR count). The molecule has 0 aliphatic carbocycles. The first-order chi connectivity index (χ1) is 10.9. The van der Waals surface area contributed by atoms with Crippen molar-refractivity contribution >= 4 is 5.91 Å². The van der Waals surface area contributed by atoms with Crippen molar-refractivity contribution in [3.63, 3.8) is 0 Å². The molecule has 0 aliphatic heterocycles. The summed E-state index contributed by atoms with van der Waals surface area (Å²) in [4.78, 5) is 12.1. The molecule has 0 bridgehead atoms. The second-order valence-corrected chi connectivity index (χ2v) is 6.87. The Morgan fingerprint density at radius 1 is 1.00 bits per heavy atom. The number of aliphatic hydroxyl groups excluding tert-OH is 1. The second kappa shape index (κ2) is 7.42. The Hall–Kier alpha value is -2.13. The lowest BCUT2D eigenvalue weighted by molar-refractivity contribution is 0.0551. The van der Waals surface area contributed by atoms with E-state index in [4.69, 9.17) is 0 Å². The molecule has 2 N–H and O–H groups in total. The highest BCUT2D eigenvalue weighted by Crippen LogP contribution is 2.21. The Bertz CT molecular complexity index is 627. The number of carbonyl (C=O) groups is 1. The van der Waals surface area contributed by atoms with Crippen molar-refractivity contribution < 1.29 is 9.90 Å². The van der Waals surface area contributed by atoms with E-state index in [0.29, 0.717) is 18.5 Å². The van der Waals surface area contributed by atoms with Crippen molar-refractivity contribution in [2.75, 3.05) is 6.54 Å². The van der Waals surface area contributed by atoms with E-state index in [1.54, 1.807) is 0 Å². The quantitative estimate of drug-likeness (QED) is 0.880. The highest BCUT2D eigenvalue weighted by Gasteiger charge is 2.21. The Labute approximate surface area is 138 Å². The van der Waals surface area contributed by atoms with Crippen LogP contribution >= 0.6 is 0 Å². The monoisotopic (exact) mass is 311 g/mol. The van der Waals surface area contributed by atoms with Gasteiger partial charge in [0, 0.05) is 12.1 Å². The summed E-state index contributed by atoms with van der Waals surface area (Å²) in [5, 5.41) is 12.8. The van der Waals surface area contributed by atoms with Crippen molar-refractivity contribution in [1.82, 2.24) is 5.32 Å². The van der Waals surface area contributed by atoms with Gasteiger partial charge in [-0.05, 0) is 35.1 Å². The molecular weight excluding hydrogens is 286 g/mol. The molecular formula is C20H25NO2. The topological polar surface area (TPSA) is 49.3 Å². The summed E-state index contributed by atoms with van der Waals surface area (Å²) >= 11 is 0. The number of benzene rings is 2. The molecule has 0 aromatic heterocycles. The molecule has 0 saturated carbocycles. The van der Waals surface area contributed by atoms with Gasteiger partial charge in [0.25, 0.3) is 5.91 Å². The van der Waals surface area contributed by atoms with Crippen LogP contribution in [0, 0.1) is 5.41 Å². The first kappa shape index (κ1) is 17.2. The van der Waals surface area contributed by atoms with E-state index in [2.05, 4.69) is 5.32 Å².